The number of pyridine rings is 1. The van der Waals surface area contributed by atoms with Crippen molar-refractivity contribution in [2.24, 2.45) is 0 Å². The number of nitrogens with one attached hydrogen (secondary N) is 1. The van der Waals surface area contributed by atoms with Crippen molar-refractivity contribution in [1.82, 2.24) is 9.97 Å². The third-order valence-electron chi connectivity index (χ3n) is 5.08. The Kier molecular flexibility index (Phi) is 7.86. The van der Waals surface area contributed by atoms with Gasteiger partial charge in [0.2, 0.25) is 5.91 Å². The summed E-state index contributed by atoms with van der Waals surface area (Å²) in [6.45, 7) is 4.24. The zero-order valence-corrected chi connectivity index (χ0v) is 21.8. The highest BCUT2D eigenvalue weighted by atomic mass is 32.2. The average molecular weight is 533 g/mol. The van der Waals surface area contributed by atoms with Crippen LogP contribution in [0, 0.1) is 22.7 Å². The molecular formula is C25H20N6O2S3. The van der Waals surface area contributed by atoms with E-state index in [4.69, 9.17) is 10.5 Å². The minimum Gasteiger partial charge on any atom is -0.494 e. The molecule has 0 spiro atoms. The van der Waals surface area contributed by atoms with E-state index in [1.807, 2.05) is 53.4 Å². The molecule has 0 aliphatic heterocycles. The summed E-state index contributed by atoms with van der Waals surface area (Å²) in [4.78, 5) is 21.7. The maximum atomic E-state index is 12.9. The minimum atomic E-state index is -0.606. The van der Waals surface area contributed by atoms with E-state index in [1.54, 1.807) is 6.92 Å². The van der Waals surface area contributed by atoms with Gasteiger partial charge < -0.3 is 15.8 Å². The van der Waals surface area contributed by atoms with Gasteiger partial charge in [-0.1, -0.05) is 11.8 Å². The third-order valence-corrected chi connectivity index (χ3v) is 7.61. The zero-order valence-electron chi connectivity index (χ0n) is 19.3. The molecule has 0 saturated heterocycles. The van der Waals surface area contributed by atoms with Crippen molar-refractivity contribution in [2.75, 3.05) is 17.7 Å². The first kappa shape index (κ1) is 25.2. The lowest BCUT2D eigenvalue weighted by Crippen LogP contribution is -2.22. The number of carbonyl (C=O) groups excluding carboxylic acids is 1. The zero-order chi connectivity index (χ0) is 25.7. The Morgan fingerprint density at radius 3 is 2.53 bits per heavy atom. The fourth-order valence-electron chi connectivity index (χ4n) is 3.36. The largest absolute Gasteiger partial charge is 0.494 e. The number of anilines is 2. The van der Waals surface area contributed by atoms with Gasteiger partial charge in [0.05, 0.1) is 23.1 Å². The number of thioether (sulfide) groups is 1. The number of hydrogen-bond donors (Lipinski definition) is 2. The number of aromatic nitrogens is 2. The quantitative estimate of drug-likeness (QED) is 0.273. The van der Waals surface area contributed by atoms with E-state index in [9.17, 15) is 15.3 Å². The van der Waals surface area contributed by atoms with E-state index in [-0.39, 0.29) is 22.9 Å². The van der Waals surface area contributed by atoms with Gasteiger partial charge in [0.15, 0.2) is 5.13 Å². The lowest BCUT2D eigenvalue weighted by Gasteiger charge is -2.14. The van der Waals surface area contributed by atoms with Gasteiger partial charge in [0.25, 0.3) is 0 Å². The van der Waals surface area contributed by atoms with E-state index < -0.39 is 5.25 Å². The van der Waals surface area contributed by atoms with Crippen molar-refractivity contribution in [2.45, 2.75) is 24.1 Å². The highest BCUT2D eigenvalue weighted by molar-refractivity contribution is 8.00. The standard InChI is InChI=1S/C25H20N6O2S3/c1-3-33-17-6-4-15(5-7-17)20-13-35-25(29-20)31-23(32)14(2)36-24-19(11-27)21(16-8-9-34-12-16)18(10-26)22(28)30-24/h4-9,12-14H,3H2,1-2H3,(H2,28,30)(H,29,31,32). The molecule has 4 aromatic rings. The van der Waals surface area contributed by atoms with Crippen LogP contribution in [0.25, 0.3) is 22.4 Å². The lowest BCUT2D eigenvalue weighted by molar-refractivity contribution is -0.115. The van der Waals surface area contributed by atoms with Gasteiger partial charge in [0.1, 0.15) is 34.3 Å². The molecular weight excluding hydrogens is 513 g/mol. The number of nitrogen functional groups attached to an aromatic ring is 1. The Morgan fingerprint density at radius 2 is 1.89 bits per heavy atom. The summed E-state index contributed by atoms with van der Waals surface area (Å²) in [6, 6.07) is 13.6. The molecule has 11 heteroatoms. The van der Waals surface area contributed by atoms with Crippen molar-refractivity contribution in [1.29, 1.82) is 10.5 Å². The van der Waals surface area contributed by atoms with Crippen LogP contribution in [-0.2, 0) is 4.79 Å². The molecule has 36 heavy (non-hydrogen) atoms. The first-order valence-corrected chi connectivity index (χ1v) is 13.5. The van der Waals surface area contributed by atoms with Gasteiger partial charge in [-0.15, -0.1) is 11.3 Å². The molecule has 3 N–H and O–H groups in total. The first-order valence-electron chi connectivity index (χ1n) is 10.8. The number of nitrogens with zero attached hydrogens (tertiary/aromatic N) is 4. The molecule has 0 radical (unpaired) electrons. The van der Waals surface area contributed by atoms with Gasteiger partial charge in [-0.25, -0.2) is 9.97 Å². The highest BCUT2D eigenvalue weighted by Gasteiger charge is 2.24. The van der Waals surface area contributed by atoms with Gasteiger partial charge in [-0.05, 0) is 60.5 Å². The average Bonchev–Trinajstić information content (AvgIpc) is 3.57. The summed E-state index contributed by atoms with van der Waals surface area (Å²) in [5.74, 6) is 0.512. The monoisotopic (exact) mass is 532 g/mol. The van der Waals surface area contributed by atoms with Crippen LogP contribution in [0.4, 0.5) is 10.9 Å². The van der Waals surface area contributed by atoms with E-state index in [1.165, 1.54) is 22.7 Å². The third kappa shape index (κ3) is 5.34. The molecule has 0 aliphatic carbocycles. The molecule has 8 nitrogen and oxygen atoms in total. The van der Waals surface area contributed by atoms with Gasteiger partial charge in [0, 0.05) is 16.5 Å². The second-order valence-electron chi connectivity index (χ2n) is 7.41. The summed E-state index contributed by atoms with van der Waals surface area (Å²) >= 11 is 3.87. The predicted octanol–water partition coefficient (Wildman–Crippen LogP) is 5.78. The number of carbonyl (C=O) groups is 1. The van der Waals surface area contributed by atoms with Crippen molar-refractivity contribution in [3.63, 3.8) is 0 Å². The smallest absolute Gasteiger partial charge is 0.239 e. The van der Waals surface area contributed by atoms with E-state index >= 15 is 0 Å². The van der Waals surface area contributed by atoms with Crippen LogP contribution >= 0.6 is 34.4 Å². The van der Waals surface area contributed by atoms with Crippen molar-refractivity contribution < 1.29 is 9.53 Å². The lowest BCUT2D eigenvalue weighted by atomic mass is 9.99. The summed E-state index contributed by atoms with van der Waals surface area (Å²) in [5, 5.41) is 28.0. The molecule has 0 bridgehead atoms. The maximum absolute atomic E-state index is 12.9. The molecule has 180 valence electrons. The number of ether oxygens (including phenoxy) is 1. The van der Waals surface area contributed by atoms with Crippen LogP contribution in [-0.4, -0.2) is 27.7 Å². The van der Waals surface area contributed by atoms with Gasteiger partial charge in [-0.2, -0.15) is 21.9 Å². The fourth-order valence-corrected chi connectivity index (χ4v) is 5.65. The van der Waals surface area contributed by atoms with E-state index in [2.05, 4.69) is 27.4 Å². The number of hydrogen-bond acceptors (Lipinski definition) is 10. The maximum Gasteiger partial charge on any atom is 0.239 e. The fraction of sp³-hybridized carbons (Fsp3) is 0.160. The van der Waals surface area contributed by atoms with Crippen molar-refractivity contribution >= 4 is 51.3 Å². The van der Waals surface area contributed by atoms with Crippen LogP contribution in [0.5, 0.6) is 5.75 Å². The Bertz CT molecular complexity index is 1470. The van der Waals surface area contributed by atoms with Crippen LogP contribution in [0.3, 0.4) is 0 Å². The predicted molar refractivity (Wildman–Crippen MR) is 144 cm³/mol. The molecule has 1 amide bonds. The summed E-state index contributed by atoms with van der Waals surface area (Å²) in [5.41, 5.74) is 9.22. The number of thiophene rings is 1. The number of rotatable bonds is 8. The van der Waals surface area contributed by atoms with Gasteiger partial charge >= 0.3 is 0 Å². The number of thiazole rings is 1. The molecule has 0 aliphatic rings. The number of nitriles is 2. The van der Waals surface area contributed by atoms with E-state index in [0.717, 1.165) is 28.8 Å². The molecule has 1 atom stereocenters. The topological polar surface area (TPSA) is 138 Å². The molecule has 1 aromatic carbocycles. The number of nitrogens with two attached hydrogens (primary N) is 1. The normalized spacial score (nSPS) is 11.3. The Balaban J connectivity index is 1.52. The molecule has 3 heterocycles. The highest BCUT2D eigenvalue weighted by Crippen LogP contribution is 2.38. The van der Waals surface area contributed by atoms with E-state index in [0.29, 0.717) is 27.9 Å². The van der Waals surface area contributed by atoms with Crippen molar-refractivity contribution in [3.05, 3.63) is 57.6 Å². The summed E-state index contributed by atoms with van der Waals surface area (Å²) < 4.78 is 5.47. The van der Waals surface area contributed by atoms with Crippen molar-refractivity contribution in [3.8, 4) is 40.3 Å². The Morgan fingerprint density at radius 1 is 1.14 bits per heavy atom. The van der Waals surface area contributed by atoms with Crippen LogP contribution in [0.15, 0.2) is 51.5 Å². The summed E-state index contributed by atoms with van der Waals surface area (Å²) in [7, 11) is 0. The molecule has 1 unspecified atom stereocenters. The Labute approximate surface area is 220 Å². The SMILES string of the molecule is CCOc1ccc(-c2csc(NC(=O)C(C)Sc3nc(N)c(C#N)c(-c4ccsc4)c3C#N)n2)cc1. The Hall–Kier alpha value is -3.90. The second-order valence-corrected chi connectivity index (χ2v) is 10.4. The molecule has 3 aromatic heterocycles. The van der Waals surface area contributed by atoms with Crippen LogP contribution in [0.1, 0.15) is 25.0 Å². The second kappa shape index (κ2) is 11.2. The van der Waals surface area contributed by atoms with Gasteiger partial charge in [-0.3, -0.25) is 4.79 Å². The molecule has 0 fully saturated rings. The number of amides is 1. The number of benzene rings is 1. The molecule has 4 rings (SSSR count). The van der Waals surface area contributed by atoms with Crippen LogP contribution < -0.4 is 15.8 Å². The minimum absolute atomic E-state index is 0.0210. The van der Waals surface area contributed by atoms with Crippen LogP contribution in [0.2, 0.25) is 0 Å². The summed E-state index contributed by atoms with van der Waals surface area (Å²) in [6.07, 6.45) is 0. The molecule has 0 saturated carbocycles. The first-order chi connectivity index (χ1) is 17.4.